The number of nitrogens with zero attached hydrogens (tertiary/aromatic N) is 5. The Bertz CT molecular complexity index is 543. The van der Waals surface area contributed by atoms with E-state index < -0.39 is 0 Å². The smallest absolute Gasteiger partial charge is 0.243 e. The lowest BCUT2D eigenvalue weighted by Gasteiger charge is -2.19. The lowest BCUT2D eigenvalue weighted by Crippen LogP contribution is -2.28. The quantitative estimate of drug-likeness (QED) is 0.421. The molecular weight excluding hydrogens is 260 g/mol. The largest absolute Gasteiger partial charge is 0.396 e. The Hall–Kier alpha value is -2.26. The molecule has 2 rings (SSSR count). The van der Waals surface area contributed by atoms with Crippen molar-refractivity contribution in [2.45, 2.75) is 19.9 Å². The summed E-state index contributed by atoms with van der Waals surface area (Å²) in [4.78, 5) is 16.5. The third-order valence-electron chi connectivity index (χ3n) is 2.99. The fraction of sp³-hybridized carbons (Fsp3) is 0.455. The van der Waals surface area contributed by atoms with Crippen molar-refractivity contribution in [2.75, 3.05) is 17.3 Å². The van der Waals surface area contributed by atoms with Gasteiger partial charge in [-0.25, -0.2) is 10.8 Å². The van der Waals surface area contributed by atoms with Crippen LogP contribution in [0.4, 0.5) is 11.9 Å². The predicted octanol–water partition coefficient (Wildman–Crippen LogP) is -0.228. The van der Waals surface area contributed by atoms with Crippen LogP contribution >= 0.6 is 0 Å². The van der Waals surface area contributed by atoms with Crippen LogP contribution in [-0.4, -0.2) is 42.3 Å². The molecule has 0 amide bonds. The van der Waals surface area contributed by atoms with Crippen LogP contribution in [-0.2, 0) is 0 Å². The fourth-order valence-electron chi connectivity index (χ4n) is 1.49. The van der Waals surface area contributed by atoms with E-state index in [2.05, 4.69) is 30.7 Å². The standard InChI is InChI=1S/C11H18N8O/c1-7(5-20)8(2)14-9-15-10(18-12)17-11(16-9)19-4-3-13-6-19/h3-4,6-8,20H,5,12H2,1-2H3,(H2,14,15,16,17,18). The Morgan fingerprint density at radius 1 is 1.30 bits per heavy atom. The minimum absolute atomic E-state index is 0.00339. The van der Waals surface area contributed by atoms with Crippen molar-refractivity contribution in [3.05, 3.63) is 18.7 Å². The molecule has 0 aliphatic rings. The lowest BCUT2D eigenvalue weighted by atomic mass is 10.1. The maximum Gasteiger partial charge on any atom is 0.243 e. The molecule has 0 saturated heterocycles. The number of anilines is 2. The van der Waals surface area contributed by atoms with Crippen LogP contribution in [0.5, 0.6) is 0 Å². The zero-order chi connectivity index (χ0) is 14.5. The van der Waals surface area contributed by atoms with Crippen molar-refractivity contribution in [3.63, 3.8) is 0 Å². The third-order valence-corrected chi connectivity index (χ3v) is 2.99. The maximum atomic E-state index is 9.15. The molecule has 2 atom stereocenters. The van der Waals surface area contributed by atoms with Gasteiger partial charge in [-0.3, -0.25) is 9.99 Å². The van der Waals surface area contributed by atoms with E-state index in [-0.39, 0.29) is 24.5 Å². The highest BCUT2D eigenvalue weighted by molar-refractivity contribution is 5.37. The van der Waals surface area contributed by atoms with Gasteiger partial charge in [0.25, 0.3) is 0 Å². The predicted molar refractivity (Wildman–Crippen MR) is 74.1 cm³/mol. The van der Waals surface area contributed by atoms with E-state index in [1.807, 2.05) is 13.8 Å². The van der Waals surface area contributed by atoms with Crippen LogP contribution in [0.2, 0.25) is 0 Å². The van der Waals surface area contributed by atoms with E-state index >= 15 is 0 Å². The molecule has 108 valence electrons. The molecule has 20 heavy (non-hydrogen) atoms. The topological polar surface area (TPSA) is 127 Å². The molecule has 9 nitrogen and oxygen atoms in total. The van der Waals surface area contributed by atoms with Gasteiger partial charge >= 0.3 is 0 Å². The third kappa shape index (κ3) is 3.19. The molecule has 5 N–H and O–H groups in total. The Kier molecular flexibility index (Phi) is 4.43. The van der Waals surface area contributed by atoms with E-state index in [0.29, 0.717) is 11.9 Å². The average Bonchev–Trinajstić information content (AvgIpc) is 3.00. The van der Waals surface area contributed by atoms with Crippen LogP contribution in [0.1, 0.15) is 13.8 Å². The number of aromatic nitrogens is 5. The number of nitrogens with one attached hydrogen (secondary N) is 2. The molecule has 0 spiro atoms. The summed E-state index contributed by atoms with van der Waals surface area (Å²) in [5.74, 6) is 6.45. The first-order valence-electron chi connectivity index (χ1n) is 6.22. The highest BCUT2D eigenvalue weighted by Crippen LogP contribution is 2.12. The van der Waals surface area contributed by atoms with Gasteiger partial charge in [0.15, 0.2) is 0 Å². The first kappa shape index (κ1) is 14.2. The molecule has 2 aromatic heterocycles. The number of hydrazine groups is 1. The highest BCUT2D eigenvalue weighted by atomic mass is 16.3. The zero-order valence-electron chi connectivity index (χ0n) is 11.4. The van der Waals surface area contributed by atoms with Gasteiger partial charge in [0, 0.05) is 25.0 Å². The Morgan fingerprint density at radius 3 is 2.65 bits per heavy atom. The molecular formula is C11H18N8O. The van der Waals surface area contributed by atoms with E-state index in [9.17, 15) is 0 Å². The molecule has 9 heteroatoms. The molecule has 0 aromatic carbocycles. The van der Waals surface area contributed by atoms with Crippen LogP contribution in [0.25, 0.3) is 5.95 Å². The number of hydrogen-bond acceptors (Lipinski definition) is 8. The Morgan fingerprint density at radius 2 is 2.05 bits per heavy atom. The molecule has 2 aromatic rings. The second kappa shape index (κ2) is 6.26. The van der Waals surface area contributed by atoms with Gasteiger partial charge < -0.3 is 10.4 Å². The van der Waals surface area contributed by atoms with Crippen molar-refractivity contribution in [1.29, 1.82) is 0 Å². The summed E-state index contributed by atoms with van der Waals surface area (Å²) in [6.07, 6.45) is 4.93. The summed E-state index contributed by atoms with van der Waals surface area (Å²) in [6, 6.07) is 0.00339. The van der Waals surface area contributed by atoms with Crippen LogP contribution in [0.3, 0.4) is 0 Å². The second-order valence-corrected chi connectivity index (χ2v) is 4.49. The molecule has 2 heterocycles. The summed E-state index contributed by atoms with van der Waals surface area (Å²) in [5.41, 5.74) is 2.40. The highest BCUT2D eigenvalue weighted by Gasteiger charge is 2.14. The van der Waals surface area contributed by atoms with Crippen molar-refractivity contribution in [3.8, 4) is 5.95 Å². The van der Waals surface area contributed by atoms with Crippen LogP contribution in [0.15, 0.2) is 18.7 Å². The number of nitrogens with two attached hydrogens (primary N) is 1. The molecule has 0 bridgehead atoms. The summed E-state index contributed by atoms with van der Waals surface area (Å²) in [5, 5.41) is 12.3. The molecule has 0 fully saturated rings. The maximum absolute atomic E-state index is 9.15. The van der Waals surface area contributed by atoms with Crippen molar-refractivity contribution in [1.82, 2.24) is 24.5 Å². The SMILES string of the molecule is CC(CO)C(C)Nc1nc(NN)nc(-n2ccnc2)n1. The van der Waals surface area contributed by atoms with Crippen molar-refractivity contribution >= 4 is 11.9 Å². The minimum atomic E-state index is 0.00339. The Labute approximate surface area is 116 Å². The van der Waals surface area contributed by atoms with Gasteiger partial charge in [0.1, 0.15) is 6.33 Å². The molecule has 2 unspecified atom stereocenters. The molecule has 0 aliphatic carbocycles. The van der Waals surface area contributed by atoms with Gasteiger partial charge in [-0.1, -0.05) is 6.92 Å². The average molecular weight is 278 g/mol. The van der Waals surface area contributed by atoms with E-state index in [0.717, 1.165) is 0 Å². The number of nitrogen functional groups attached to an aromatic ring is 1. The first-order valence-corrected chi connectivity index (χ1v) is 6.22. The van der Waals surface area contributed by atoms with Gasteiger partial charge in [0.2, 0.25) is 17.8 Å². The second-order valence-electron chi connectivity index (χ2n) is 4.49. The monoisotopic (exact) mass is 278 g/mol. The fourth-order valence-corrected chi connectivity index (χ4v) is 1.49. The van der Waals surface area contributed by atoms with Gasteiger partial charge in [0.05, 0.1) is 0 Å². The number of rotatable bonds is 6. The summed E-state index contributed by atoms with van der Waals surface area (Å²) < 4.78 is 1.65. The van der Waals surface area contributed by atoms with Crippen molar-refractivity contribution < 1.29 is 5.11 Å². The molecule has 0 radical (unpaired) electrons. The molecule has 0 aliphatic heterocycles. The Balaban J connectivity index is 2.27. The zero-order valence-corrected chi connectivity index (χ0v) is 11.4. The van der Waals surface area contributed by atoms with E-state index in [1.54, 1.807) is 23.3 Å². The number of aliphatic hydroxyl groups is 1. The molecule has 0 saturated carbocycles. The van der Waals surface area contributed by atoms with Gasteiger partial charge in [-0.2, -0.15) is 15.0 Å². The summed E-state index contributed by atoms with van der Waals surface area (Å²) in [7, 11) is 0. The van der Waals surface area contributed by atoms with Crippen LogP contribution in [0, 0.1) is 5.92 Å². The lowest BCUT2D eigenvalue weighted by molar-refractivity contribution is 0.226. The summed E-state index contributed by atoms with van der Waals surface area (Å²) >= 11 is 0. The van der Waals surface area contributed by atoms with Gasteiger partial charge in [-0.15, -0.1) is 0 Å². The number of hydrogen-bond donors (Lipinski definition) is 4. The normalized spacial score (nSPS) is 13.8. The summed E-state index contributed by atoms with van der Waals surface area (Å²) in [6.45, 7) is 3.95. The van der Waals surface area contributed by atoms with E-state index in [4.69, 9.17) is 10.9 Å². The number of aliphatic hydroxyl groups excluding tert-OH is 1. The van der Waals surface area contributed by atoms with Crippen LogP contribution < -0.4 is 16.6 Å². The van der Waals surface area contributed by atoms with Crippen molar-refractivity contribution in [2.24, 2.45) is 11.8 Å². The van der Waals surface area contributed by atoms with E-state index in [1.165, 1.54) is 0 Å². The number of imidazole rings is 1. The minimum Gasteiger partial charge on any atom is -0.396 e. The van der Waals surface area contributed by atoms with Gasteiger partial charge in [-0.05, 0) is 12.8 Å². The first-order chi connectivity index (χ1) is 9.63.